The quantitative estimate of drug-likeness (QED) is 0.620. The minimum absolute atomic E-state index is 0.0282. The molecule has 1 rings (SSSR count). The van der Waals surface area contributed by atoms with E-state index in [9.17, 15) is 0 Å². The first-order chi connectivity index (χ1) is 8.71. The Morgan fingerprint density at radius 1 is 1.11 bits per heavy atom. The summed E-state index contributed by atoms with van der Waals surface area (Å²) < 4.78 is 11.2. The van der Waals surface area contributed by atoms with Crippen LogP contribution in [-0.2, 0) is 9.47 Å². The van der Waals surface area contributed by atoms with Crippen LogP contribution in [0.1, 0.15) is 34.1 Å². The highest BCUT2D eigenvalue weighted by atomic mass is 16.7. The standard InChI is InChI=1S/C14H30N2O2/c1-5-16-11-10-15(12-13(16)4)9-8-14(17-6-2)18-7-3/h13-14H,5-12H2,1-4H3. The summed E-state index contributed by atoms with van der Waals surface area (Å²) in [5, 5.41) is 0. The third-order valence-electron chi connectivity index (χ3n) is 3.64. The molecule has 4 nitrogen and oxygen atoms in total. The molecule has 0 N–H and O–H groups in total. The van der Waals surface area contributed by atoms with Crippen LogP contribution in [0.4, 0.5) is 0 Å². The molecule has 108 valence electrons. The van der Waals surface area contributed by atoms with Gasteiger partial charge in [0.25, 0.3) is 0 Å². The second-order valence-electron chi connectivity index (χ2n) is 4.91. The van der Waals surface area contributed by atoms with E-state index in [-0.39, 0.29) is 6.29 Å². The fraction of sp³-hybridized carbons (Fsp3) is 1.00. The fourth-order valence-electron chi connectivity index (χ4n) is 2.62. The molecule has 0 aromatic rings. The SMILES string of the molecule is CCOC(CCN1CCN(CC)C(C)C1)OCC. The van der Waals surface area contributed by atoms with Gasteiger partial charge in [0.2, 0.25) is 0 Å². The first kappa shape index (κ1) is 15.9. The average molecular weight is 258 g/mol. The highest BCUT2D eigenvalue weighted by molar-refractivity contribution is 4.78. The molecule has 18 heavy (non-hydrogen) atoms. The maximum atomic E-state index is 5.58. The molecule has 1 heterocycles. The Morgan fingerprint density at radius 3 is 2.28 bits per heavy atom. The van der Waals surface area contributed by atoms with Crippen LogP contribution < -0.4 is 0 Å². The summed E-state index contributed by atoms with van der Waals surface area (Å²) >= 11 is 0. The summed E-state index contributed by atoms with van der Waals surface area (Å²) in [6.45, 7) is 15.8. The molecule has 0 aromatic heterocycles. The molecule has 0 bridgehead atoms. The van der Waals surface area contributed by atoms with Crippen molar-refractivity contribution in [2.45, 2.75) is 46.4 Å². The van der Waals surface area contributed by atoms with Gasteiger partial charge in [0.1, 0.15) is 0 Å². The lowest BCUT2D eigenvalue weighted by Gasteiger charge is -2.39. The average Bonchev–Trinajstić information content (AvgIpc) is 2.36. The molecular formula is C14H30N2O2. The van der Waals surface area contributed by atoms with Gasteiger partial charge in [-0.25, -0.2) is 0 Å². The van der Waals surface area contributed by atoms with Crippen molar-refractivity contribution in [2.24, 2.45) is 0 Å². The number of likely N-dealkylation sites (N-methyl/N-ethyl adjacent to an activating group) is 1. The van der Waals surface area contributed by atoms with Crippen molar-refractivity contribution >= 4 is 0 Å². The van der Waals surface area contributed by atoms with E-state index in [4.69, 9.17) is 9.47 Å². The summed E-state index contributed by atoms with van der Waals surface area (Å²) in [7, 11) is 0. The predicted octanol–water partition coefficient (Wildman–Crippen LogP) is 1.80. The maximum Gasteiger partial charge on any atom is 0.158 e. The van der Waals surface area contributed by atoms with Gasteiger partial charge in [0.15, 0.2) is 6.29 Å². The van der Waals surface area contributed by atoms with Crippen LogP contribution in [-0.4, -0.2) is 68.1 Å². The molecule has 1 fully saturated rings. The van der Waals surface area contributed by atoms with Gasteiger partial charge in [0, 0.05) is 51.9 Å². The van der Waals surface area contributed by atoms with Crippen molar-refractivity contribution in [1.82, 2.24) is 9.80 Å². The Bertz CT molecular complexity index is 208. The smallest absolute Gasteiger partial charge is 0.158 e. The normalized spacial score (nSPS) is 22.8. The molecule has 4 heteroatoms. The predicted molar refractivity (Wildman–Crippen MR) is 74.8 cm³/mol. The van der Waals surface area contributed by atoms with Crippen molar-refractivity contribution in [3.63, 3.8) is 0 Å². The van der Waals surface area contributed by atoms with Crippen molar-refractivity contribution in [2.75, 3.05) is 45.9 Å². The highest BCUT2D eigenvalue weighted by Gasteiger charge is 2.22. The third kappa shape index (κ3) is 5.22. The van der Waals surface area contributed by atoms with Gasteiger partial charge < -0.3 is 14.4 Å². The Hall–Kier alpha value is -0.160. The first-order valence-corrected chi connectivity index (χ1v) is 7.40. The van der Waals surface area contributed by atoms with Crippen molar-refractivity contribution in [1.29, 1.82) is 0 Å². The fourth-order valence-corrected chi connectivity index (χ4v) is 2.62. The molecule has 1 aliphatic rings. The summed E-state index contributed by atoms with van der Waals surface area (Å²) in [6, 6.07) is 0.668. The minimum atomic E-state index is -0.0282. The maximum absolute atomic E-state index is 5.58. The number of rotatable bonds is 8. The molecule has 1 aliphatic heterocycles. The van der Waals surface area contributed by atoms with E-state index < -0.39 is 0 Å². The van der Waals surface area contributed by atoms with Crippen LogP contribution in [0.25, 0.3) is 0 Å². The lowest BCUT2D eigenvalue weighted by atomic mass is 10.2. The summed E-state index contributed by atoms with van der Waals surface area (Å²) in [5.74, 6) is 0. The Morgan fingerprint density at radius 2 is 1.78 bits per heavy atom. The number of hydrogen-bond donors (Lipinski definition) is 0. The van der Waals surface area contributed by atoms with Crippen LogP contribution in [0.3, 0.4) is 0 Å². The molecule has 0 aromatic carbocycles. The lowest BCUT2D eigenvalue weighted by molar-refractivity contribution is -0.142. The second-order valence-corrected chi connectivity index (χ2v) is 4.91. The van der Waals surface area contributed by atoms with E-state index in [1.165, 1.54) is 19.6 Å². The van der Waals surface area contributed by atoms with Crippen molar-refractivity contribution < 1.29 is 9.47 Å². The first-order valence-electron chi connectivity index (χ1n) is 7.40. The zero-order valence-electron chi connectivity index (χ0n) is 12.5. The third-order valence-corrected chi connectivity index (χ3v) is 3.64. The van der Waals surface area contributed by atoms with Crippen LogP contribution in [0, 0.1) is 0 Å². The van der Waals surface area contributed by atoms with E-state index in [2.05, 4.69) is 23.6 Å². The van der Waals surface area contributed by atoms with E-state index in [1.54, 1.807) is 0 Å². The number of hydrogen-bond acceptors (Lipinski definition) is 4. The van der Waals surface area contributed by atoms with Crippen LogP contribution in [0.15, 0.2) is 0 Å². The topological polar surface area (TPSA) is 24.9 Å². The molecule has 1 atom stereocenters. The minimum Gasteiger partial charge on any atom is -0.353 e. The largest absolute Gasteiger partial charge is 0.353 e. The van der Waals surface area contributed by atoms with Crippen LogP contribution in [0.5, 0.6) is 0 Å². The summed E-state index contributed by atoms with van der Waals surface area (Å²) in [5.41, 5.74) is 0. The van der Waals surface area contributed by atoms with Crippen molar-refractivity contribution in [3.05, 3.63) is 0 Å². The van der Waals surface area contributed by atoms with E-state index in [0.717, 1.165) is 32.7 Å². The molecule has 0 radical (unpaired) electrons. The summed E-state index contributed by atoms with van der Waals surface area (Å²) in [6.07, 6.45) is 0.945. The zero-order chi connectivity index (χ0) is 13.4. The van der Waals surface area contributed by atoms with Gasteiger partial charge in [0.05, 0.1) is 0 Å². The van der Waals surface area contributed by atoms with Gasteiger partial charge in [-0.1, -0.05) is 6.92 Å². The number of piperazine rings is 1. The van der Waals surface area contributed by atoms with Crippen LogP contribution >= 0.6 is 0 Å². The highest BCUT2D eigenvalue weighted by Crippen LogP contribution is 2.11. The van der Waals surface area contributed by atoms with E-state index >= 15 is 0 Å². The van der Waals surface area contributed by atoms with Gasteiger partial charge in [-0.2, -0.15) is 0 Å². The van der Waals surface area contributed by atoms with E-state index in [0.29, 0.717) is 6.04 Å². The Kier molecular flexibility index (Phi) is 7.82. The molecule has 1 saturated heterocycles. The zero-order valence-corrected chi connectivity index (χ0v) is 12.5. The lowest BCUT2D eigenvalue weighted by Crippen LogP contribution is -2.52. The summed E-state index contributed by atoms with van der Waals surface area (Å²) in [4.78, 5) is 5.07. The van der Waals surface area contributed by atoms with E-state index in [1.807, 2.05) is 13.8 Å². The Balaban J connectivity index is 2.26. The number of ether oxygens (including phenoxy) is 2. The molecule has 0 saturated carbocycles. The van der Waals surface area contributed by atoms with Gasteiger partial charge in [-0.3, -0.25) is 4.90 Å². The monoisotopic (exact) mass is 258 g/mol. The molecule has 0 spiro atoms. The van der Waals surface area contributed by atoms with Gasteiger partial charge >= 0.3 is 0 Å². The number of nitrogens with zero attached hydrogens (tertiary/aromatic N) is 2. The van der Waals surface area contributed by atoms with Crippen LogP contribution in [0.2, 0.25) is 0 Å². The molecule has 0 amide bonds. The van der Waals surface area contributed by atoms with Gasteiger partial charge in [-0.15, -0.1) is 0 Å². The molecule has 1 unspecified atom stereocenters. The molecular weight excluding hydrogens is 228 g/mol. The Labute approximate surface area is 112 Å². The van der Waals surface area contributed by atoms with Crippen molar-refractivity contribution in [3.8, 4) is 0 Å². The second kappa shape index (κ2) is 8.86. The molecule has 0 aliphatic carbocycles. The van der Waals surface area contributed by atoms with Gasteiger partial charge in [-0.05, 0) is 27.3 Å².